The first-order valence-electron chi connectivity index (χ1n) is 6.24. The molecule has 1 aromatic heterocycles. The maximum atomic E-state index is 13.1. The summed E-state index contributed by atoms with van der Waals surface area (Å²) >= 11 is 0. The topological polar surface area (TPSA) is 84.0 Å². The van der Waals surface area contributed by atoms with E-state index in [2.05, 4.69) is 5.32 Å². The lowest BCUT2D eigenvalue weighted by atomic mass is 10.1. The summed E-state index contributed by atoms with van der Waals surface area (Å²) in [6, 6.07) is 4.97. The smallest absolute Gasteiger partial charge is 0.333 e. The zero-order valence-corrected chi connectivity index (χ0v) is 11.6. The molecule has 0 fully saturated rings. The molecule has 1 amide bonds. The molecule has 0 bridgehead atoms. The van der Waals surface area contributed by atoms with Gasteiger partial charge in [0.05, 0.1) is 6.20 Å². The number of aryl methyl sites for hydroxylation is 2. The van der Waals surface area contributed by atoms with Crippen LogP contribution in [0.5, 0.6) is 0 Å². The number of carbonyl (C=O) groups is 1. The molecule has 21 heavy (non-hydrogen) atoms. The summed E-state index contributed by atoms with van der Waals surface area (Å²) in [5.41, 5.74) is 0.776. The highest BCUT2D eigenvalue weighted by Gasteiger charge is 2.11. The van der Waals surface area contributed by atoms with Crippen LogP contribution in [0.2, 0.25) is 0 Å². The van der Waals surface area contributed by atoms with Gasteiger partial charge in [0.15, 0.2) is 0 Å². The van der Waals surface area contributed by atoms with Crippen molar-refractivity contribution in [2.45, 2.75) is 20.4 Å². The number of nitrogens with one attached hydrogen (secondary N) is 2. The normalized spacial score (nSPS) is 10.4. The number of aromatic nitrogens is 2. The van der Waals surface area contributed by atoms with Gasteiger partial charge >= 0.3 is 11.7 Å². The number of amides is 1. The van der Waals surface area contributed by atoms with E-state index in [1.54, 1.807) is 4.98 Å². The Labute approximate surface area is 119 Å². The molecule has 0 radical (unpaired) electrons. The lowest BCUT2D eigenvalue weighted by Gasteiger charge is -2.09. The molecule has 0 spiro atoms. The molecule has 2 N–H and O–H groups in total. The van der Waals surface area contributed by atoms with Crippen LogP contribution in [0, 0.1) is 19.7 Å². The van der Waals surface area contributed by atoms with E-state index < -0.39 is 23.1 Å². The van der Waals surface area contributed by atoms with Crippen molar-refractivity contribution >= 4 is 6.03 Å². The fourth-order valence-electron chi connectivity index (χ4n) is 1.85. The molecule has 1 aromatic carbocycles. The second-order valence-corrected chi connectivity index (χ2v) is 4.69. The number of halogens is 1. The Morgan fingerprint density at radius 2 is 2.05 bits per heavy atom. The highest BCUT2D eigenvalue weighted by atomic mass is 19.1. The third-order valence-corrected chi connectivity index (χ3v) is 3.05. The maximum Gasteiger partial charge on any atom is 0.336 e. The monoisotopic (exact) mass is 291 g/mol. The van der Waals surface area contributed by atoms with Crippen LogP contribution in [0.4, 0.5) is 9.18 Å². The van der Waals surface area contributed by atoms with Gasteiger partial charge in [0, 0.05) is 6.54 Å². The van der Waals surface area contributed by atoms with Gasteiger partial charge in [-0.2, -0.15) is 4.39 Å². The van der Waals surface area contributed by atoms with Gasteiger partial charge in [-0.1, -0.05) is 23.8 Å². The highest BCUT2D eigenvalue weighted by Crippen LogP contribution is 2.10. The van der Waals surface area contributed by atoms with E-state index in [9.17, 15) is 18.8 Å². The molecule has 2 aromatic rings. The maximum absolute atomic E-state index is 13.1. The lowest BCUT2D eigenvalue weighted by molar-refractivity contribution is 0.240. The molecule has 0 aliphatic heterocycles. The number of benzene rings is 1. The van der Waals surface area contributed by atoms with Crippen molar-refractivity contribution in [3.63, 3.8) is 0 Å². The molecule has 0 aliphatic rings. The molecule has 0 atom stereocenters. The first-order chi connectivity index (χ1) is 9.88. The van der Waals surface area contributed by atoms with Crippen molar-refractivity contribution in [2.24, 2.45) is 0 Å². The molecular weight excluding hydrogens is 277 g/mol. The number of hydrogen-bond acceptors (Lipinski definition) is 3. The first-order valence-corrected chi connectivity index (χ1v) is 6.24. The molecule has 1 heterocycles. The molecule has 0 unspecified atom stereocenters. The fraction of sp³-hybridized carbons (Fsp3) is 0.214. The van der Waals surface area contributed by atoms with Crippen LogP contribution >= 0.6 is 0 Å². The van der Waals surface area contributed by atoms with Crippen LogP contribution in [0.3, 0.4) is 0 Å². The summed E-state index contributed by atoms with van der Waals surface area (Å²) in [7, 11) is 0. The summed E-state index contributed by atoms with van der Waals surface area (Å²) in [5.74, 6) is -1.20. The van der Waals surface area contributed by atoms with E-state index >= 15 is 0 Å². The largest absolute Gasteiger partial charge is 0.336 e. The molecule has 7 heteroatoms. The van der Waals surface area contributed by atoms with Gasteiger partial charge in [0.1, 0.15) is 0 Å². The minimum Gasteiger partial charge on any atom is -0.333 e. The van der Waals surface area contributed by atoms with Crippen molar-refractivity contribution in [3.8, 4) is 0 Å². The summed E-state index contributed by atoms with van der Waals surface area (Å²) in [5, 5.41) is 2.51. The summed E-state index contributed by atoms with van der Waals surface area (Å²) in [4.78, 5) is 35.9. The van der Waals surface area contributed by atoms with Crippen LogP contribution in [0.25, 0.3) is 0 Å². The van der Waals surface area contributed by atoms with Gasteiger partial charge in [-0.15, -0.1) is 0 Å². The quantitative estimate of drug-likeness (QED) is 0.867. The average molecular weight is 291 g/mol. The predicted octanol–water partition coefficient (Wildman–Crippen LogP) is 1.05. The predicted molar refractivity (Wildman–Crippen MR) is 74.8 cm³/mol. The van der Waals surface area contributed by atoms with Gasteiger partial charge in [0.2, 0.25) is 5.82 Å². The Hall–Kier alpha value is -2.70. The van der Waals surface area contributed by atoms with Crippen molar-refractivity contribution in [3.05, 3.63) is 67.7 Å². The molecule has 0 saturated carbocycles. The van der Waals surface area contributed by atoms with Gasteiger partial charge < -0.3 is 5.32 Å². The van der Waals surface area contributed by atoms with E-state index in [-0.39, 0.29) is 6.54 Å². The molecular formula is C14H14FN3O3. The number of carbonyl (C=O) groups excluding carboxylic acids is 1. The van der Waals surface area contributed by atoms with E-state index in [1.807, 2.05) is 32.0 Å². The number of aromatic amines is 1. The standard InChI is InChI=1S/C14H14FN3O3/c1-8-3-4-9(2)10(5-8)6-16-13(20)18-7-11(15)12(19)17-14(18)21/h3-5,7H,6H2,1-2H3,(H,16,20)(H,17,19,21). The number of nitrogens with zero attached hydrogens (tertiary/aromatic N) is 1. The lowest BCUT2D eigenvalue weighted by Crippen LogP contribution is -2.40. The number of H-pyrrole nitrogens is 1. The van der Waals surface area contributed by atoms with Crippen LogP contribution < -0.4 is 16.6 Å². The van der Waals surface area contributed by atoms with Crippen molar-refractivity contribution in [2.75, 3.05) is 0 Å². The third kappa shape index (κ3) is 3.25. The zero-order chi connectivity index (χ0) is 15.6. The van der Waals surface area contributed by atoms with Crippen LogP contribution in [0.15, 0.2) is 34.0 Å². The zero-order valence-electron chi connectivity index (χ0n) is 11.6. The van der Waals surface area contributed by atoms with Crippen LogP contribution in [-0.4, -0.2) is 15.6 Å². The van der Waals surface area contributed by atoms with Crippen molar-refractivity contribution < 1.29 is 9.18 Å². The average Bonchev–Trinajstić information content (AvgIpc) is 2.43. The Balaban J connectivity index is 2.19. The highest BCUT2D eigenvalue weighted by molar-refractivity contribution is 5.76. The molecule has 6 nitrogen and oxygen atoms in total. The van der Waals surface area contributed by atoms with E-state index in [0.717, 1.165) is 16.7 Å². The van der Waals surface area contributed by atoms with Gasteiger partial charge in [-0.3, -0.25) is 9.78 Å². The summed E-state index contributed by atoms with van der Waals surface area (Å²) < 4.78 is 13.6. The fourth-order valence-corrected chi connectivity index (χ4v) is 1.85. The molecule has 0 aliphatic carbocycles. The third-order valence-electron chi connectivity index (χ3n) is 3.05. The van der Waals surface area contributed by atoms with Gasteiger partial charge in [0.25, 0.3) is 5.56 Å². The Kier molecular flexibility index (Phi) is 4.02. The Morgan fingerprint density at radius 1 is 1.33 bits per heavy atom. The van der Waals surface area contributed by atoms with Crippen LogP contribution in [0.1, 0.15) is 16.7 Å². The Morgan fingerprint density at radius 3 is 2.76 bits per heavy atom. The Bertz CT molecular complexity index is 808. The molecule has 2 rings (SSSR count). The van der Waals surface area contributed by atoms with Gasteiger partial charge in [-0.25, -0.2) is 14.2 Å². The molecule has 0 saturated heterocycles. The second kappa shape index (κ2) is 5.74. The summed E-state index contributed by atoms with van der Waals surface area (Å²) in [6.07, 6.45) is 0.569. The van der Waals surface area contributed by atoms with E-state index in [4.69, 9.17) is 0 Å². The second-order valence-electron chi connectivity index (χ2n) is 4.69. The van der Waals surface area contributed by atoms with Crippen LogP contribution in [-0.2, 0) is 6.54 Å². The SMILES string of the molecule is Cc1ccc(C)c(CNC(=O)n2cc(F)c(=O)[nH]c2=O)c1. The summed E-state index contributed by atoms with van der Waals surface area (Å²) in [6.45, 7) is 4.01. The minimum atomic E-state index is -1.20. The minimum absolute atomic E-state index is 0.194. The van der Waals surface area contributed by atoms with Gasteiger partial charge in [-0.05, 0) is 25.0 Å². The van der Waals surface area contributed by atoms with Crippen molar-refractivity contribution in [1.82, 2.24) is 14.9 Å². The van der Waals surface area contributed by atoms with E-state index in [1.165, 1.54) is 0 Å². The first kappa shape index (κ1) is 14.7. The van der Waals surface area contributed by atoms with Crippen molar-refractivity contribution in [1.29, 1.82) is 0 Å². The number of rotatable bonds is 2. The van der Waals surface area contributed by atoms with E-state index in [0.29, 0.717) is 10.8 Å². The molecule has 110 valence electrons. The number of hydrogen-bond donors (Lipinski definition) is 2.